The first-order valence-corrected chi connectivity index (χ1v) is 22.7. The monoisotopic (exact) mass is 472 g/mol. The standard InChI is InChI=1S/C17H27O3Si.3CH3.Sn/c1-16(2,3)21(5,6)20-13-10-17(4)12-9-7-8-11(14(12)13)15(18)19-17;;;;/h7,11-14H,8,10H2,1-6H3;3*1H3;/t11-,12+,13+,14-,17-;;;;/m0..../s1. The normalized spacial score (nSPS) is 38.4. The molecule has 1 saturated carbocycles. The van der Waals surface area contributed by atoms with Gasteiger partial charge < -0.3 is 0 Å². The van der Waals surface area contributed by atoms with E-state index in [2.05, 4.69) is 61.7 Å². The van der Waals surface area contributed by atoms with Crippen molar-refractivity contribution in [1.29, 1.82) is 0 Å². The molecular formula is C20H36O3SiSn. The molecule has 1 saturated heterocycles. The predicted molar refractivity (Wildman–Crippen MR) is 108 cm³/mol. The number of ether oxygens (including phenoxy) is 1. The number of carbonyl (C=O) groups is 1. The van der Waals surface area contributed by atoms with Gasteiger partial charge in [-0.25, -0.2) is 0 Å². The van der Waals surface area contributed by atoms with Gasteiger partial charge in [-0.1, -0.05) is 0 Å². The van der Waals surface area contributed by atoms with Crippen LogP contribution < -0.4 is 0 Å². The van der Waals surface area contributed by atoms with Crippen molar-refractivity contribution < 1.29 is 14.0 Å². The SMILES string of the molecule is CC(C)(C)[Si](C)(C)O[C@@H]1C[C@]2(C)OC(=O)[C@H]3CC=[C]([Sn]([CH3])([CH3])[CH3])[C@@H]2[C@H]31. The summed E-state index contributed by atoms with van der Waals surface area (Å²) < 4.78 is 14.6. The number of allylic oxidation sites excluding steroid dienone is 1. The van der Waals surface area contributed by atoms with Gasteiger partial charge in [-0.15, -0.1) is 0 Å². The van der Waals surface area contributed by atoms with E-state index < -0.39 is 26.7 Å². The molecule has 3 aliphatic rings. The summed E-state index contributed by atoms with van der Waals surface area (Å²) in [5.41, 5.74) is -0.359. The van der Waals surface area contributed by atoms with Crippen molar-refractivity contribution in [2.75, 3.05) is 0 Å². The molecule has 5 heteroatoms. The molecule has 2 fully saturated rings. The average Bonchev–Trinajstić information content (AvgIpc) is 2.61. The molecule has 0 aromatic carbocycles. The molecule has 2 aliphatic carbocycles. The molecule has 1 heterocycles. The number of carbonyl (C=O) groups excluding carboxylic acids is 1. The second-order valence-corrected chi connectivity index (χ2v) is 30.4. The van der Waals surface area contributed by atoms with E-state index in [1.54, 1.807) is 3.59 Å². The average molecular weight is 471 g/mol. The third-order valence-electron chi connectivity index (χ3n) is 7.22. The predicted octanol–water partition coefficient (Wildman–Crippen LogP) is 5.15. The molecule has 25 heavy (non-hydrogen) atoms. The zero-order chi connectivity index (χ0) is 19.0. The Hall–Kier alpha value is 0.186. The molecule has 5 atom stereocenters. The van der Waals surface area contributed by atoms with Crippen LogP contribution in [0.3, 0.4) is 0 Å². The van der Waals surface area contributed by atoms with Gasteiger partial charge in [0, 0.05) is 0 Å². The van der Waals surface area contributed by atoms with E-state index in [1.807, 2.05) is 0 Å². The van der Waals surface area contributed by atoms with Crippen molar-refractivity contribution in [1.82, 2.24) is 0 Å². The quantitative estimate of drug-likeness (QED) is 0.422. The van der Waals surface area contributed by atoms with Gasteiger partial charge in [0.25, 0.3) is 0 Å². The van der Waals surface area contributed by atoms with Crippen LogP contribution >= 0.6 is 0 Å². The Morgan fingerprint density at radius 2 is 1.88 bits per heavy atom. The van der Waals surface area contributed by atoms with Crippen LogP contribution in [0.25, 0.3) is 0 Å². The van der Waals surface area contributed by atoms with Crippen LogP contribution in [0.4, 0.5) is 0 Å². The van der Waals surface area contributed by atoms with Crippen LogP contribution in [0.5, 0.6) is 0 Å². The Morgan fingerprint density at radius 1 is 1.28 bits per heavy atom. The molecular weight excluding hydrogens is 435 g/mol. The molecule has 0 unspecified atom stereocenters. The molecule has 0 amide bonds. The molecule has 0 aromatic rings. The van der Waals surface area contributed by atoms with Gasteiger partial charge in [-0.2, -0.15) is 0 Å². The summed E-state index contributed by atoms with van der Waals surface area (Å²) in [6.45, 7) is 13.7. The summed E-state index contributed by atoms with van der Waals surface area (Å²) in [5, 5.41) is 0.187. The number of esters is 1. The first-order chi connectivity index (χ1) is 11.2. The third kappa shape index (κ3) is 3.18. The molecule has 3 nitrogen and oxygen atoms in total. The van der Waals surface area contributed by atoms with E-state index in [1.165, 1.54) is 0 Å². The zero-order valence-corrected chi connectivity index (χ0v) is 21.4. The molecule has 0 N–H and O–H groups in total. The maximum atomic E-state index is 12.7. The van der Waals surface area contributed by atoms with Gasteiger partial charge in [0.05, 0.1) is 0 Å². The number of rotatable bonds is 3. The van der Waals surface area contributed by atoms with Crippen LogP contribution in [0, 0.1) is 17.8 Å². The minimum absolute atomic E-state index is 0.00716. The van der Waals surface area contributed by atoms with Crippen molar-refractivity contribution >= 4 is 32.7 Å². The van der Waals surface area contributed by atoms with Crippen molar-refractivity contribution in [2.45, 2.75) is 85.2 Å². The van der Waals surface area contributed by atoms with Crippen LogP contribution in [-0.2, 0) is 14.0 Å². The minimum atomic E-state index is -2.24. The molecule has 1 aliphatic heterocycles. The summed E-state index contributed by atoms with van der Waals surface area (Å²) >= 11 is -2.24. The van der Waals surface area contributed by atoms with E-state index >= 15 is 0 Å². The maximum absolute atomic E-state index is 12.7. The van der Waals surface area contributed by atoms with E-state index in [-0.39, 0.29) is 28.6 Å². The number of hydrogen-bond donors (Lipinski definition) is 0. The van der Waals surface area contributed by atoms with Gasteiger partial charge in [0.1, 0.15) is 0 Å². The molecule has 142 valence electrons. The molecule has 0 spiro atoms. The number of hydrogen-bond acceptors (Lipinski definition) is 3. The molecule has 4 bridgehead atoms. The van der Waals surface area contributed by atoms with Gasteiger partial charge in [-0.05, 0) is 0 Å². The van der Waals surface area contributed by atoms with Crippen LogP contribution in [-0.4, -0.2) is 44.4 Å². The summed E-state index contributed by atoms with van der Waals surface area (Å²) in [6, 6.07) is 0. The summed E-state index contributed by atoms with van der Waals surface area (Å²) in [6.07, 6.45) is 4.33. The van der Waals surface area contributed by atoms with E-state index in [9.17, 15) is 4.79 Å². The van der Waals surface area contributed by atoms with Crippen molar-refractivity contribution in [2.24, 2.45) is 17.8 Å². The fourth-order valence-corrected chi connectivity index (χ4v) is 12.5. The van der Waals surface area contributed by atoms with Crippen molar-refractivity contribution in [3.8, 4) is 0 Å². The van der Waals surface area contributed by atoms with E-state index in [0.717, 1.165) is 12.8 Å². The Morgan fingerprint density at radius 3 is 2.40 bits per heavy atom. The first kappa shape index (κ1) is 19.9. The molecule has 0 aromatic heterocycles. The molecule has 0 radical (unpaired) electrons. The third-order valence-corrected chi connectivity index (χ3v) is 18.1. The zero-order valence-electron chi connectivity index (χ0n) is 17.5. The Balaban J connectivity index is 2.00. The van der Waals surface area contributed by atoms with E-state index in [4.69, 9.17) is 9.16 Å². The van der Waals surface area contributed by atoms with Crippen molar-refractivity contribution in [3.63, 3.8) is 0 Å². The Bertz CT molecular complexity index is 613. The molecule has 3 rings (SSSR count). The fraction of sp³-hybridized carbons (Fsp3) is 0.850. The Kier molecular flexibility index (Phi) is 4.66. The summed E-state index contributed by atoms with van der Waals surface area (Å²) in [5.74, 6) is 0.753. The first-order valence-electron chi connectivity index (χ1n) is 9.79. The summed E-state index contributed by atoms with van der Waals surface area (Å²) in [4.78, 5) is 20.1. The van der Waals surface area contributed by atoms with Gasteiger partial charge in [-0.3, -0.25) is 0 Å². The van der Waals surface area contributed by atoms with E-state index in [0.29, 0.717) is 11.8 Å². The van der Waals surface area contributed by atoms with Crippen LogP contribution in [0.2, 0.25) is 33.0 Å². The van der Waals surface area contributed by atoms with Crippen LogP contribution in [0.15, 0.2) is 9.67 Å². The second-order valence-electron chi connectivity index (χ2n) is 11.2. The van der Waals surface area contributed by atoms with Gasteiger partial charge in [0.2, 0.25) is 0 Å². The topological polar surface area (TPSA) is 35.5 Å². The van der Waals surface area contributed by atoms with Gasteiger partial charge in [0.15, 0.2) is 0 Å². The fourth-order valence-electron chi connectivity index (χ4n) is 4.96. The van der Waals surface area contributed by atoms with Crippen LogP contribution in [0.1, 0.15) is 40.5 Å². The van der Waals surface area contributed by atoms with Gasteiger partial charge >= 0.3 is 159 Å². The summed E-state index contributed by atoms with van der Waals surface area (Å²) in [7, 11) is -1.87. The second kappa shape index (κ2) is 5.84. The van der Waals surface area contributed by atoms with Crippen molar-refractivity contribution in [3.05, 3.63) is 9.67 Å². The Labute approximate surface area is 158 Å².